The molecule has 1 aromatic heterocycles. The summed E-state index contributed by atoms with van der Waals surface area (Å²) in [6.07, 6.45) is 2.57. The second-order valence-corrected chi connectivity index (χ2v) is 3.94. The number of halogens is 1. The van der Waals surface area contributed by atoms with Crippen LogP contribution in [-0.4, -0.2) is 11.5 Å². The molecule has 1 atom stereocenters. The minimum atomic E-state index is -0.221. The molecule has 1 aromatic carbocycles. The highest BCUT2D eigenvalue weighted by molar-refractivity contribution is 5.28. The Morgan fingerprint density at radius 1 is 1.12 bits per heavy atom. The van der Waals surface area contributed by atoms with Crippen LogP contribution in [0.5, 0.6) is 0 Å². The van der Waals surface area contributed by atoms with Crippen LogP contribution in [0.4, 0.5) is 4.39 Å². The van der Waals surface area contributed by atoms with Crippen LogP contribution in [0.3, 0.4) is 0 Å². The van der Waals surface area contributed by atoms with Crippen LogP contribution < -0.4 is 5.73 Å². The quantitative estimate of drug-likeness (QED) is 0.877. The first-order valence-electron chi connectivity index (χ1n) is 5.67. The summed E-state index contributed by atoms with van der Waals surface area (Å²) in [4.78, 5) is 4.35. The molecule has 17 heavy (non-hydrogen) atoms. The van der Waals surface area contributed by atoms with Gasteiger partial charge in [-0.2, -0.15) is 0 Å². The molecule has 0 spiro atoms. The number of benzene rings is 1. The van der Waals surface area contributed by atoms with E-state index >= 15 is 0 Å². The molecule has 0 aliphatic heterocycles. The van der Waals surface area contributed by atoms with Crippen molar-refractivity contribution in [2.75, 3.05) is 6.54 Å². The van der Waals surface area contributed by atoms with Crippen LogP contribution in [0.15, 0.2) is 48.7 Å². The third-order valence-electron chi connectivity index (χ3n) is 2.77. The van der Waals surface area contributed by atoms with Crippen molar-refractivity contribution in [3.63, 3.8) is 0 Å². The van der Waals surface area contributed by atoms with Crippen LogP contribution in [0.1, 0.15) is 23.6 Å². The lowest BCUT2D eigenvalue weighted by Gasteiger charge is -2.15. The Hall–Kier alpha value is -1.74. The van der Waals surface area contributed by atoms with Gasteiger partial charge in [0.15, 0.2) is 0 Å². The Kier molecular flexibility index (Phi) is 3.83. The van der Waals surface area contributed by atoms with Crippen molar-refractivity contribution in [2.24, 2.45) is 5.73 Å². The molecule has 0 aliphatic carbocycles. The van der Waals surface area contributed by atoms with Crippen LogP contribution in [-0.2, 0) is 0 Å². The number of nitrogens with zero attached hydrogens (tertiary/aromatic N) is 1. The fourth-order valence-electron chi connectivity index (χ4n) is 1.93. The van der Waals surface area contributed by atoms with E-state index in [4.69, 9.17) is 5.73 Å². The zero-order chi connectivity index (χ0) is 12.1. The standard InChI is InChI=1S/C14H15FN2/c15-12-6-4-11(5-7-12)13(8-9-16)14-3-1-2-10-17-14/h1-7,10,13H,8-9,16H2/t13-/m0/s1. The molecule has 1 heterocycles. The smallest absolute Gasteiger partial charge is 0.123 e. The predicted molar refractivity (Wildman–Crippen MR) is 66.2 cm³/mol. The molecule has 2 N–H and O–H groups in total. The lowest BCUT2D eigenvalue weighted by Crippen LogP contribution is -2.10. The molecule has 3 heteroatoms. The molecule has 0 saturated heterocycles. The summed E-state index contributed by atoms with van der Waals surface area (Å²) in [6, 6.07) is 12.4. The van der Waals surface area contributed by atoms with Gasteiger partial charge in [-0.05, 0) is 42.8 Å². The molecule has 0 aliphatic rings. The minimum Gasteiger partial charge on any atom is -0.330 e. The third kappa shape index (κ3) is 2.88. The summed E-state index contributed by atoms with van der Waals surface area (Å²) in [7, 11) is 0. The normalized spacial score (nSPS) is 12.4. The van der Waals surface area contributed by atoms with E-state index in [1.807, 2.05) is 18.2 Å². The van der Waals surface area contributed by atoms with Gasteiger partial charge in [-0.25, -0.2) is 4.39 Å². The summed E-state index contributed by atoms with van der Waals surface area (Å²) < 4.78 is 12.9. The van der Waals surface area contributed by atoms with Crippen LogP contribution in [0.25, 0.3) is 0 Å². The fraction of sp³-hybridized carbons (Fsp3) is 0.214. The van der Waals surface area contributed by atoms with Crippen molar-refractivity contribution in [1.82, 2.24) is 4.98 Å². The van der Waals surface area contributed by atoms with Crippen LogP contribution in [0.2, 0.25) is 0 Å². The van der Waals surface area contributed by atoms with Crippen molar-refractivity contribution in [3.05, 3.63) is 65.7 Å². The summed E-state index contributed by atoms with van der Waals surface area (Å²) in [5.41, 5.74) is 7.66. The Labute approximate surface area is 100 Å². The number of hydrogen-bond acceptors (Lipinski definition) is 2. The molecular formula is C14H15FN2. The van der Waals surface area contributed by atoms with E-state index < -0.39 is 0 Å². The average molecular weight is 230 g/mol. The largest absolute Gasteiger partial charge is 0.330 e. The number of rotatable bonds is 4. The molecule has 0 unspecified atom stereocenters. The molecule has 0 bridgehead atoms. The summed E-state index contributed by atoms with van der Waals surface area (Å²) in [6.45, 7) is 0.582. The maximum atomic E-state index is 12.9. The molecule has 2 rings (SSSR count). The number of aromatic nitrogens is 1. The van der Waals surface area contributed by atoms with Gasteiger partial charge in [0.25, 0.3) is 0 Å². The van der Waals surface area contributed by atoms with E-state index in [9.17, 15) is 4.39 Å². The van der Waals surface area contributed by atoms with Gasteiger partial charge in [-0.15, -0.1) is 0 Å². The number of pyridine rings is 1. The first-order valence-corrected chi connectivity index (χ1v) is 5.67. The second-order valence-electron chi connectivity index (χ2n) is 3.94. The highest BCUT2D eigenvalue weighted by atomic mass is 19.1. The van der Waals surface area contributed by atoms with Gasteiger partial charge in [-0.1, -0.05) is 18.2 Å². The molecule has 0 fully saturated rings. The summed E-state index contributed by atoms with van der Waals surface area (Å²) >= 11 is 0. The van der Waals surface area contributed by atoms with Crippen LogP contribution in [0, 0.1) is 5.82 Å². The summed E-state index contributed by atoms with van der Waals surface area (Å²) in [5, 5.41) is 0. The average Bonchev–Trinajstić information content (AvgIpc) is 2.38. The Balaban J connectivity index is 2.32. The van der Waals surface area contributed by atoms with E-state index in [0.717, 1.165) is 17.7 Å². The maximum absolute atomic E-state index is 12.9. The van der Waals surface area contributed by atoms with Gasteiger partial charge in [0.05, 0.1) is 0 Å². The molecular weight excluding hydrogens is 215 g/mol. The monoisotopic (exact) mass is 230 g/mol. The van der Waals surface area contributed by atoms with E-state index in [2.05, 4.69) is 4.98 Å². The summed E-state index contributed by atoms with van der Waals surface area (Å²) in [5.74, 6) is -0.0805. The zero-order valence-corrected chi connectivity index (χ0v) is 9.51. The van der Waals surface area contributed by atoms with E-state index in [1.54, 1.807) is 18.3 Å². The number of hydrogen-bond donors (Lipinski definition) is 1. The predicted octanol–water partition coefficient (Wildman–Crippen LogP) is 2.70. The van der Waals surface area contributed by atoms with Gasteiger partial charge in [0.2, 0.25) is 0 Å². The minimum absolute atomic E-state index is 0.141. The molecule has 2 nitrogen and oxygen atoms in total. The number of nitrogens with two attached hydrogens (primary N) is 1. The van der Waals surface area contributed by atoms with Gasteiger partial charge in [-0.3, -0.25) is 4.98 Å². The Bertz CT molecular complexity index is 453. The Morgan fingerprint density at radius 2 is 1.88 bits per heavy atom. The van der Waals surface area contributed by atoms with Gasteiger partial charge in [0.1, 0.15) is 5.82 Å². The van der Waals surface area contributed by atoms with Gasteiger partial charge in [0, 0.05) is 17.8 Å². The SMILES string of the molecule is NCC[C@@H](c1ccc(F)cc1)c1ccccn1. The topological polar surface area (TPSA) is 38.9 Å². The molecule has 0 amide bonds. The molecule has 2 aromatic rings. The van der Waals surface area contributed by atoms with Crippen molar-refractivity contribution in [2.45, 2.75) is 12.3 Å². The zero-order valence-electron chi connectivity index (χ0n) is 9.51. The third-order valence-corrected chi connectivity index (χ3v) is 2.77. The highest BCUT2D eigenvalue weighted by Crippen LogP contribution is 2.25. The van der Waals surface area contributed by atoms with Gasteiger partial charge >= 0.3 is 0 Å². The second kappa shape index (κ2) is 5.55. The van der Waals surface area contributed by atoms with Crippen molar-refractivity contribution in [1.29, 1.82) is 0 Å². The first-order chi connectivity index (χ1) is 8.31. The van der Waals surface area contributed by atoms with Crippen LogP contribution >= 0.6 is 0 Å². The van der Waals surface area contributed by atoms with Crippen molar-refractivity contribution >= 4 is 0 Å². The van der Waals surface area contributed by atoms with Gasteiger partial charge < -0.3 is 5.73 Å². The maximum Gasteiger partial charge on any atom is 0.123 e. The Morgan fingerprint density at radius 3 is 2.47 bits per heavy atom. The molecule has 88 valence electrons. The lowest BCUT2D eigenvalue weighted by molar-refractivity contribution is 0.624. The van der Waals surface area contributed by atoms with E-state index in [0.29, 0.717) is 6.54 Å². The van der Waals surface area contributed by atoms with Crippen molar-refractivity contribution < 1.29 is 4.39 Å². The lowest BCUT2D eigenvalue weighted by atomic mass is 9.92. The van der Waals surface area contributed by atoms with E-state index in [1.165, 1.54) is 12.1 Å². The first kappa shape index (κ1) is 11.7. The molecule has 0 saturated carbocycles. The van der Waals surface area contributed by atoms with E-state index in [-0.39, 0.29) is 11.7 Å². The van der Waals surface area contributed by atoms with Crippen molar-refractivity contribution in [3.8, 4) is 0 Å². The fourth-order valence-corrected chi connectivity index (χ4v) is 1.93. The highest BCUT2D eigenvalue weighted by Gasteiger charge is 2.14. The molecule has 0 radical (unpaired) electrons.